The molecular formula is C21H23NO. The first-order valence-electron chi connectivity index (χ1n) is 8.50. The van der Waals surface area contributed by atoms with Crippen molar-refractivity contribution in [2.75, 3.05) is 7.05 Å². The Morgan fingerprint density at radius 3 is 2.61 bits per heavy atom. The third kappa shape index (κ3) is 2.91. The van der Waals surface area contributed by atoms with E-state index in [1.807, 2.05) is 6.07 Å². The van der Waals surface area contributed by atoms with Gasteiger partial charge in [0.2, 0.25) is 0 Å². The average Bonchev–Trinajstić information content (AvgIpc) is 2.82. The Hall–Kier alpha value is -2.06. The minimum Gasteiger partial charge on any atom is -0.488 e. The van der Waals surface area contributed by atoms with Crippen molar-refractivity contribution in [1.29, 1.82) is 0 Å². The van der Waals surface area contributed by atoms with E-state index in [4.69, 9.17) is 4.74 Å². The number of ether oxygens (including phenoxy) is 1. The maximum atomic E-state index is 6.14. The molecule has 0 aliphatic carbocycles. The Kier molecular flexibility index (Phi) is 3.92. The molecule has 0 aromatic heterocycles. The number of nitrogens with zero attached hydrogens (tertiary/aromatic N) is 1. The number of hydrogen-bond donors (Lipinski definition) is 0. The molecule has 2 heterocycles. The molecule has 23 heavy (non-hydrogen) atoms. The standard InChI is InChI=1S/C21H23NO/c1-22-18-11-12-19(22)14-17(13-18)20-9-5-6-10-21(20)23-15-16-7-3-2-4-8-16/h2-10,13,18-19H,11-12,14-15H2,1H3. The van der Waals surface area contributed by atoms with Crippen LogP contribution in [0, 0.1) is 0 Å². The third-order valence-electron chi connectivity index (χ3n) is 5.21. The zero-order valence-electron chi connectivity index (χ0n) is 13.6. The lowest BCUT2D eigenvalue weighted by Crippen LogP contribution is -2.34. The van der Waals surface area contributed by atoms with E-state index in [1.54, 1.807) is 0 Å². The maximum absolute atomic E-state index is 6.14. The smallest absolute Gasteiger partial charge is 0.127 e. The quantitative estimate of drug-likeness (QED) is 0.823. The normalized spacial score (nSPS) is 23.6. The van der Waals surface area contributed by atoms with Crippen LogP contribution in [0.25, 0.3) is 5.57 Å². The van der Waals surface area contributed by atoms with Gasteiger partial charge in [-0.3, -0.25) is 4.90 Å². The molecule has 1 saturated heterocycles. The molecule has 2 aromatic rings. The summed E-state index contributed by atoms with van der Waals surface area (Å²) in [6.45, 7) is 0.623. The van der Waals surface area contributed by atoms with Crippen LogP contribution >= 0.6 is 0 Å². The Balaban J connectivity index is 1.57. The van der Waals surface area contributed by atoms with E-state index >= 15 is 0 Å². The summed E-state index contributed by atoms with van der Waals surface area (Å²) < 4.78 is 6.14. The van der Waals surface area contributed by atoms with Gasteiger partial charge in [0.25, 0.3) is 0 Å². The molecule has 2 unspecified atom stereocenters. The van der Waals surface area contributed by atoms with E-state index in [0.29, 0.717) is 18.7 Å². The van der Waals surface area contributed by atoms with Crippen LogP contribution < -0.4 is 4.74 Å². The van der Waals surface area contributed by atoms with Crippen molar-refractivity contribution in [2.45, 2.75) is 38.0 Å². The van der Waals surface area contributed by atoms with Gasteiger partial charge in [-0.05, 0) is 43.5 Å². The number of rotatable bonds is 4. The lowest BCUT2D eigenvalue weighted by molar-refractivity contribution is 0.263. The van der Waals surface area contributed by atoms with E-state index in [-0.39, 0.29) is 0 Å². The summed E-state index contributed by atoms with van der Waals surface area (Å²) in [6, 6.07) is 20.2. The van der Waals surface area contributed by atoms with Gasteiger partial charge in [0, 0.05) is 17.6 Å². The number of likely N-dealkylation sites (N-methyl/N-ethyl adjacent to an activating group) is 1. The molecule has 0 saturated carbocycles. The van der Waals surface area contributed by atoms with Crippen molar-refractivity contribution in [1.82, 2.24) is 4.90 Å². The predicted molar refractivity (Wildman–Crippen MR) is 94.4 cm³/mol. The molecular weight excluding hydrogens is 282 g/mol. The van der Waals surface area contributed by atoms with Crippen molar-refractivity contribution in [3.63, 3.8) is 0 Å². The SMILES string of the molecule is CN1C2C=C(c3ccccc3OCc3ccccc3)CC1CC2. The van der Waals surface area contributed by atoms with Crippen LogP contribution in [0.3, 0.4) is 0 Å². The molecule has 2 aliphatic rings. The van der Waals surface area contributed by atoms with Gasteiger partial charge in [-0.25, -0.2) is 0 Å². The summed E-state index contributed by atoms with van der Waals surface area (Å²) in [5.41, 5.74) is 3.94. The second-order valence-electron chi connectivity index (χ2n) is 6.63. The van der Waals surface area contributed by atoms with Crippen molar-refractivity contribution in [3.8, 4) is 5.75 Å². The lowest BCUT2D eigenvalue weighted by Gasteiger charge is -2.31. The summed E-state index contributed by atoms with van der Waals surface area (Å²) in [5.74, 6) is 1.01. The molecule has 2 atom stereocenters. The maximum Gasteiger partial charge on any atom is 0.127 e. The van der Waals surface area contributed by atoms with Gasteiger partial charge in [-0.15, -0.1) is 0 Å². The molecule has 2 aliphatic heterocycles. The van der Waals surface area contributed by atoms with Gasteiger partial charge in [-0.1, -0.05) is 54.6 Å². The summed E-state index contributed by atoms with van der Waals surface area (Å²) in [6.07, 6.45) is 6.19. The Morgan fingerprint density at radius 1 is 1.00 bits per heavy atom. The second-order valence-corrected chi connectivity index (χ2v) is 6.63. The highest BCUT2D eigenvalue weighted by Crippen LogP contribution is 2.40. The van der Waals surface area contributed by atoms with Crippen LogP contribution in [0.4, 0.5) is 0 Å². The van der Waals surface area contributed by atoms with E-state index in [2.05, 4.69) is 66.6 Å². The second kappa shape index (κ2) is 6.21. The summed E-state index contributed by atoms with van der Waals surface area (Å²) in [5, 5.41) is 0. The Labute approximate surface area is 138 Å². The van der Waals surface area contributed by atoms with Crippen molar-refractivity contribution >= 4 is 5.57 Å². The van der Waals surface area contributed by atoms with Crippen molar-refractivity contribution in [3.05, 3.63) is 71.8 Å². The Morgan fingerprint density at radius 2 is 1.78 bits per heavy atom. The van der Waals surface area contributed by atoms with E-state index in [1.165, 1.54) is 29.5 Å². The summed E-state index contributed by atoms with van der Waals surface area (Å²) >= 11 is 0. The highest BCUT2D eigenvalue weighted by atomic mass is 16.5. The fraction of sp³-hybridized carbons (Fsp3) is 0.333. The first-order chi connectivity index (χ1) is 11.3. The predicted octanol–water partition coefficient (Wildman–Crippen LogP) is 4.52. The molecule has 118 valence electrons. The average molecular weight is 305 g/mol. The van der Waals surface area contributed by atoms with Crippen molar-refractivity contribution < 1.29 is 4.74 Å². The number of hydrogen-bond acceptors (Lipinski definition) is 2. The lowest BCUT2D eigenvalue weighted by atomic mass is 9.94. The highest BCUT2D eigenvalue weighted by molar-refractivity contribution is 5.72. The van der Waals surface area contributed by atoms with Crippen LogP contribution in [0.5, 0.6) is 5.75 Å². The molecule has 0 N–H and O–H groups in total. The fourth-order valence-electron chi connectivity index (χ4n) is 3.84. The minimum atomic E-state index is 0.603. The Bertz CT molecular complexity index is 707. The molecule has 0 spiro atoms. The van der Waals surface area contributed by atoms with Gasteiger partial charge in [0.1, 0.15) is 12.4 Å². The van der Waals surface area contributed by atoms with Crippen LogP contribution in [-0.2, 0) is 6.61 Å². The fourth-order valence-corrected chi connectivity index (χ4v) is 3.84. The largest absolute Gasteiger partial charge is 0.488 e. The van der Waals surface area contributed by atoms with Crippen LogP contribution in [0.15, 0.2) is 60.7 Å². The van der Waals surface area contributed by atoms with E-state index in [9.17, 15) is 0 Å². The number of para-hydroxylation sites is 1. The highest BCUT2D eigenvalue weighted by Gasteiger charge is 2.34. The molecule has 1 fully saturated rings. The summed E-state index contributed by atoms with van der Waals surface area (Å²) in [7, 11) is 2.26. The summed E-state index contributed by atoms with van der Waals surface area (Å²) in [4.78, 5) is 2.52. The number of fused-ring (bicyclic) bond motifs is 2. The van der Waals surface area contributed by atoms with Crippen LogP contribution in [0.1, 0.15) is 30.4 Å². The molecule has 2 aromatic carbocycles. The zero-order chi connectivity index (χ0) is 15.6. The van der Waals surface area contributed by atoms with E-state index in [0.717, 1.165) is 12.2 Å². The molecule has 2 nitrogen and oxygen atoms in total. The number of benzene rings is 2. The monoisotopic (exact) mass is 305 g/mol. The van der Waals surface area contributed by atoms with Crippen LogP contribution in [0.2, 0.25) is 0 Å². The zero-order valence-corrected chi connectivity index (χ0v) is 13.6. The first kappa shape index (κ1) is 14.5. The molecule has 2 bridgehead atoms. The molecule has 4 rings (SSSR count). The molecule has 0 amide bonds. The van der Waals surface area contributed by atoms with Gasteiger partial charge >= 0.3 is 0 Å². The van der Waals surface area contributed by atoms with Gasteiger partial charge < -0.3 is 4.74 Å². The molecule has 0 radical (unpaired) electrons. The van der Waals surface area contributed by atoms with Gasteiger partial charge in [0.15, 0.2) is 0 Å². The van der Waals surface area contributed by atoms with Gasteiger partial charge in [-0.2, -0.15) is 0 Å². The minimum absolute atomic E-state index is 0.603. The van der Waals surface area contributed by atoms with Crippen LogP contribution in [-0.4, -0.2) is 24.0 Å². The third-order valence-corrected chi connectivity index (χ3v) is 5.21. The van der Waals surface area contributed by atoms with Crippen molar-refractivity contribution in [2.24, 2.45) is 0 Å². The topological polar surface area (TPSA) is 12.5 Å². The molecule has 2 heteroatoms. The van der Waals surface area contributed by atoms with E-state index < -0.39 is 0 Å². The van der Waals surface area contributed by atoms with Gasteiger partial charge in [0.05, 0.1) is 0 Å². The first-order valence-corrected chi connectivity index (χ1v) is 8.50.